The molecule has 0 bridgehead atoms. The average molecular weight is 521 g/mol. The molecule has 3 heterocycles. The van der Waals surface area contributed by atoms with Crippen molar-refractivity contribution in [3.63, 3.8) is 0 Å². The zero-order chi connectivity index (χ0) is 26.7. The summed E-state index contributed by atoms with van der Waals surface area (Å²) in [5.74, 6) is -3.61. The van der Waals surface area contributed by atoms with Gasteiger partial charge in [0.15, 0.2) is 11.9 Å². The van der Waals surface area contributed by atoms with E-state index in [1.807, 2.05) is 0 Å². The van der Waals surface area contributed by atoms with E-state index in [4.69, 9.17) is 9.47 Å². The number of pyridine rings is 1. The SMILES string of the molecule is CC(=O)O[C@@H](C(=O)Nc1ccc(-c2noc(=O)[nH]2)cc1)[C@H]1OCCN(c2cccc(C(F)(F)F)n2)C1=O. The largest absolute Gasteiger partial charge is 0.449 e. The van der Waals surface area contributed by atoms with Crippen molar-refractivity contribution in [3.05, 3.63) is 58.7 Å². The smallest absolute Gasteiger partial charge is 0.439 e. The molecule has 1 saturated heterocycles. The molecule has 1 aliphatic rings. The van der Waals surface area contributed by atoms with Gasteiger partial charge in [0.05, 0.1) is 13.2 Å². The van der Waals surface area contributed by atoms with Crippen LogP contribution in [0.25, 0.3) is 11.4 Å². The number of benzene rings is 1. The third-order valence-electron chi connectivity index (χ3n) is 5.12. The lowest BCUT2D eigenvalue weighted by atomic mass is 10.1. The Bertz CT molecular complexity index is 1370. The molecule has 15 heteroatoms. The number of esters is 1. The highest BCUT2D eigenvalue weighted by molar-refractivity contribution is 6.04. The van der Waals surface area contributed by atoms with Crippen LogP contribution in [0.15, 0.2) is 51.8 Å². The second-order valence-corrected chi connectivity index (χ2v) is 7.70. The summed E-state index contributed by atoms with van der Waals surface area (Å²) in [5, 5.41) is 6.03. The number of halogens is 3. The second kappa shape index (κ2) is 10.2. The number of aromatic amines is 1. The Kier molecular flexibility index (Phi) is 7.06. The van der Waals surface area contributed by atoms with Crippen LogP contribution in [0.2, 0.25) is 0 Å². The highest BCUT2D eigenvalue weighted by Gasteiger charge is 2.43. The van der Waals surface area contributed by atoms with E-state index in [1.54, 1.807) is 0 Å². The zero-order valence-electron chi connectivity index (χ0n) is 18.9. The van der Waals surface area contributed by atoms with Gasteiger partial charge in [-0.15, -0.1) is 0 Å². The van der Waals surface area contributed by atoms with Gasteiger partial charge in [-0.3, -0.25) is 28.8 Å². The molecule has 2 aromatic heterocycles. The van der Waals surface area contributed by atoms with E-state index in [0.29, 0.717) is 5.56 Å². The van der Waals surface area contributed by atoms with Gasteiger partial charge in [0.25, 0.3) is 11.8 Å². The van der Waals surface area contributed by atoms with E-state index in [-0.39, 0.29) is 30.5 Å². The van der Waals surface area contributed by atoms with Crippen LogP contribution in [0.3, 0.4) is 0 Å². The quantitative estimate of drug-likeness (QED) is 0.461. The average Bonchev–Trinajstić information content (AvgIpc) is 3.29. The van der Waals surface area contributed by atoms with Crippen molar-refractivity contribution in [1.29, 1.82) is 0 Å². The second-order valence-electron chi connectivity index (χ2n) is 7.70. The van der Waals surface area contributed by atoms with E-state index in [0.717, 1.165) is 24.0 Å². The van der Waals surface area contributed by atoms with E-state index in [1.165, 1.54) is 30.3 Å². The fourth-order valence-electron chi connectivity index (χ4n) is 3.49. The maximum atomic E-state index is 13.1. The maximum Gasteiger partial charge on any atom is 0.439 e. The number of alkyl halides is 3. The van der Waals surface area contributed by atoms with Crippen molar-refractivity contribution in [1.82, 2.24) is 15.1 Å². The van der Waals surface area contributed by atoms with E-state index in [9.17, 15) is 32.3 Å². The third kappa shape index (κ3) is 5.83. The van der Waals surface area contributed by atoms with Gasteiger partial charge < -0.3 is 14.8 Å². The molecule has 2 N–H and O–H groups in total. The summed E-state index contributed by atoms with van der Waals surface area (Å²) in [4.78, 5) is 55.8. The summed E-state index contributed by atoms with van der Waals surface area (Å²) in [6, 6.07) is 8.98. The number of morpholine rings is 1. The number of nitrogens with one attached hydrogen (secondary N) is 2. The van der Waals surface area contributed by atoms with Gasteiger partial charge in [0, 0.05) is 18.2 Å². The molecule has 3 aromatic rings. The molecule has 0 spiro atoms. The molecule has 1 aromatic carbocycles. The molecular formula is C22H18F3N5O7. The lowest BCUT2D eigenvalue weighted by Gasteiger charge is -2.34. The molecule has 4 rings (SSSR count). The molecule has 2 atom stereocenters. The number of anilines is 2. The third-order valence-corrected chi connectivity index (χ3v) is 5.12. The Hall–Kier alpha value is -4.53. The Morgan fingerprint density at radius 2 is 1.92 bits per heavy atom. The van der Waals surface area contributed by atoms with Gasteiger partial charge in [0.1, 0.15) is 11.5 Å². The molecule has 1 fully saturated rings. The van der Waals surface area contributed by atoms with Gasteiger partial charge in [-0.1, -0.05) is 11.2 Å². The molecule has 0 aliphatic carbocycles. The number of H-pyrrole nitrogens is 1. The predicted octanol–water partition coefficient (Wildman–Crippen LogP) is 1.75. The Morgan fingerprint density at radius 3 is 2.54 bits per heavy atom. The summed E-state index contributed by atoms with van der Waals surface area (Å²) in [5.41, 5.74) is -0.500. The number of nitrogens with zero attached hydrogens (tertiary/aromatic N) is 3. The normalized spacial score (nSPS) is 16.8. The van der Waals surface area contributed by atoms with Crippen molar-refractivity contribution < 1.29 is 41.6 Å². The van der Waals surface area contributed by atoms with Crippen LogP contribution in [0, 0.1) is 0 Å². The fourth-order valence-corrected chi connectivity index (χ4v) is 3.49. The van der Waals surface area contributed by atoms with Crippen LogP contribution < -0.4 is 16.0 Å². The van der Waals surface area contributed by atoms with Crippen molar-refractivity contribution in [2.24, 2.45) is 0 Å². The van der Waals surface area contributed by atoms with Gasteiger partial charge in [0.2, 0.25) is 6.10 Å². The molecule has 37 heavy (non-hydrogen) atoms. The first-order chi connectivity index (χ1) is 17.5. The zero-order valence-corrected chi connectivity index (χ0v) is 18.9. The molecule has 2 amide bonds. The van der Waals surface area contributed by atoms with Crippen molar-refractivity contribution in [2.45, 2.75) is 25.3 Å². The summed E-state index contributed by atoms with van der Waals surface area (Å²) < 4.78 is 54.2. The monoisotopic (exact) mass is 521 g/mol. The topological polar surface area (TPSA) is 157 Å². The molecule has 12 nitrogen and oxygen atoms in total. The molecule has 0 saturated carbocycles. The van der Waals surface area contributed by atoms with Crippen LogP contribution in [0.1, 0.15) is 12.6 Å². The highest BCUT2D eigenvalue weighted by atomic mass is 19.4. The Morgan fingerprint density at radius 1 is 1.19 bits per heavy atom. The first kappa shape index (κ1) is 25.6. The van der Waals surface area contributed by atoms with Crippen LogP contribution in [-0.2, 0) is 30.0 Å². The minimum Gasteiger partial charge on any atom is -0.449 e. The number of ether oxygens (including phenoxy) is 2. The number of carbonyl (C=O) groups excluding carboxylic acids is 3. The number of hydrogen-bond acceptors (Lipinski definition) is 9. The van der Waals surface area contributed by atoms with Crippen LogP contribution in [0.4, 0.5) is 24.7 Å². The summed E-state index contributed by atoms with van der Waals surface area (Å²) in [6.45, 7) is 0.723. The minimum atomic E-state index is -4.73. The van der Waals surface area contributed by atoms with Gasteiger partial charge in [-0.05, 0) is 36.4 Å². The summed E-state index contributed by atoms with van der Waals surface area (Å²) in [7, 11) is 0. The van der Waals surface area contributed by atoms with Gasteiger partial charge >= 0.3 is 17.9 Å². The van der Waals surface area contributed by atoms with E-state index < -0.39 is 47.6 Å². The molecular weight excluding hydrogens is 503 g/mol. The lowest BCUT2D eigenvalue weighted by molar-refractivity contribution is -0.167. The maximum absolute atomic E-state index is 13.1. The van der Waals surface area contributed by atoms with Crippen LogP contribution >= 0.6 is 0 Å². The highest BCUT2D eigenvalue weighted by Crippen LogP contribution is 2.30. The molecule has 194 valence electrons. The number of aromatic nitrogens is 3. The summed E-state index contributed by atoms with van der Waals surface area (Å²) >= 11 is 0. The van der Waals surface area contributed by atoms with E-state index in [2.05, 4.69) is 25.0 Å². The fraction of sp³-hybridized carbons (Fsp3) is 0.273. The van der Waals surface area contributed by atoms with E-state index >= 15 is 0 Å². The molecule has 0 unspecified atom stereocenters. The number of rotatable bonds is 6. The van der Waals surface area contributed by atoms with Crippen molar-refractivity contribution in [3.8, 4) is 11.4 Å². The van der Waals surface area contributed by atoms with Gasteiger partial charge in [-0.25, -0.2) is 9.78 Å². The predicted molar refractivity (Wildman–Crippen MR) is 118 cm³/mol. The van der Waals surface area contributed by atoms with Gasteiger partial charge in [-0.2, -0.15) is 13.2 Å². The molecule has 0 radical (unpaired) electrons. The first-order valence-corrected chi connectivity index (χ1v) is 10.6. The Labute approximate surface area is 205 Å². The van der Waals surface area contributed by atoms with Crippen molar-refractivity contribution in [2.75, 3.05) is 23.4 Å². The van der Waals surface area contributed by atoms with Crippen LogP contribution in [-0.4, -0.2) is 58.3 Å². The Balaban J connectivity index is 1.54. The first-order valence-electron chi connectivity index (χ1n) is 10.6. The number of hydrogen-bond donors (Lipinski definition) is 2. The number of carbonyl (C=O) groups is 3. The molecule has 1 aliphatic heterocycles. The van der Waals surface area contributed by atoms with Crippen LogP contribution in [0.5, 0.6) is 0 Å². The lowest BCUT2D eigenvalue weighted by Crippen LogP contribution is -2.56. The standard InChI is InChI=1S/C22H18F3N5O7/c1-11(31)36-16(19(32)26-13-7-5-12(6-8-13)18-28-21(34)37-29-18)17-20(33)30(9-10-35-17)15-4-2-3-14(27-15)22(23,24)25/h2-8,16-17H,9-10H2,1H3,(H,26,32)(H,28,29,34)/t16-,17-/m1/s1. The van der Waals surface area contributed by atoms with Crippen molar-refractivity contribution >= 4 is 29.3 Å². The minimum absolute atomic E-state index is 0.135. The summed E-state index contributed by atoms with van der Waals surface area (Å²) in [6.07, 6.45) is -8.14. The number of amides is 2.